The number of thioether (sulfide) groups is 1. The van der Waals surface area contributed by atoms with Gasteiger partial charge in [0.05, 0.1) is 0 Å². The predicted octanol–water partition coefficient (Wildman–Crippen LogP) is 1.18. The van der Waals surface area contributed by atoms with Crippen LogP contribution in [0.15, 0.2) is 24.5 Å². The second-order valence-corrected chi connectivity index (χ2v) is 5.00. The lowest BCUT2D eigenvalue weighted by atomic mass is 10.2. The largest absolute Gasteiger partial charge is 0.303 e. The lowest BCUT2D eigenvalue weighted by molar-refractivity contribution is 0.299. The van der Waals surface area contributed by atoms with Crippen LogP contribution in [-0.2, 0) is 6.54 Å². The van der Waals surface area contributed by atoms with Crippen molar-refractivity contribution in [2.24, 2.45) is 0 Å². The summed E-state index contributed by atoms with van der Waals surface area (Å²) < 4.78 is 0. The molecule has 15 heavy (non-hydrogen) atoms. The molecule has 0 radical (unpaired) electrons. The maximum atomic E-state index is 4.12. The Morgan fingerprint density at radius 2 is 2.60 bits per heavy atom. The van der Waals surface area contributed by atoms with Crippen molar-refractivity contribution in [1.82, 2.24) is 15.2 Å². The maximum Gasteiger partial charge on any atom is 0.0421 e. The van der Waals surface area contributed by atoms with Crippen LogP contribution in [0.2, 0.25) is 0 Å². The minimum Gasteiger partial charge on any atom is -0.303 e. The minimum absolute atomic E-state index is 0.650. The molecule has 1 saturated heterocycles. The molecule has 1 N–H and O–H groups in total. The summed E-state index contributed by atoms with van der Waals surface area (Å²) in [6.45, 7) is 2.10. The van der Waals surface area contributed by atoms with Crippen LogP contribution < -0.4 is 5.32 Å². The number of hydrogen-bond acceptors (Lipinski definition) is 4. The van der Waals surface area contributed by atoms with E-state index in [2.05, 4.69) is 28.3 Å². The van der Waals surface area contributed by atoms with Crippen LogP contribution in [0, 0.1) is 0 Å². The van der Waals surface area contributed by atoms with Gasteiger partial charge in [0.15, 0.2) is 0 Å². The second kappa shape index (κ2) is 5.49. The van der Waals surface area contributed by atoms with E-state index in [0.717, 1.165) is 19.0 Å². The van der Waals surface area contributed by atoms with E-state index < -0.39 is 0 Å². The molecular formula is C11H17N3S. The molecule has 1 atom stereocenters. The molecule has 1 fully saturated rings. The average molecular weight is 223 g/mol. The lowest BCUT2D eigenvalue weighted by Gasteiger charge is -2.20. The monoisotopic (exact) mass is 223 g/mol. The third kappa shape index (κ3) is 3.48. The van der Waals surface area contributed by atoms with Crippen molar-refractivity contribution < 1.29 is 0 Å². The van der Waals surface area contributed by atoms with Gasteiger partial charge in [-0.15, -0.1) is 11.8 Å². The van der Waals surface area contributed by atoms with Crippen LogP contribution in [0.25, 0.3) is 0 Å². The van der Waals surface area contributed by atoms with Crippen molar-refractivity contribution in [3.05, 3.63) is 30.1 Å². The minimum atomic E-state index is 0.650. The normalized spacial score (nSPS) is 21.1. The van der Waals surface area contributed by atoms with E-state index in [1.165, 1.54) is 11.3 Å². The highest BCUT2D eigenvalue weighted by molar-refractivity contribution is 7.99. The van der Waals surface area contributed by atoms with Crippen molar-refractivity contribution >= 4 is 11.8 Å². The van der Waals surface area contributed by atoms with Crippen LogP contribution >= 0.6 is 11.8 Å². The smallest absolute Gasteiger partial charge is 0.0421 e. The third-order valence-corrected chi connectivity index (χ3v) is 3.51. The molecule has 0 spiro atoms. The highest BCUT2D eigenvalue weighted by Gasteiger charge is 2.16. The third-order valence-electron chi connectivity index (χ3n) is 2.50. The molecule has 0 amide bonds. The van der Waals surface area contributed by atoms with E-state index in [-0.39, 0.29) is 0 Å². The molecule has 1 aromatic rings. The fraction of sp³-hybridized carbons (Fsp3) is 0.545. The standard InChI is InChI=1S/C11H17N3S/c1-14(7-11-8-15-9-13-11)6-10-3-2-4-12-5-10/h2-5,11,13H,6-9H2,1H3. The van der Waals surface area contributed by atoms with Gasteiger partial charge in [-0.2, -0.15) is 0 Å². The molecule has 1 unspecified atom stereocenters. The number of pyridine rings is 1. The van der Waals surface area contributed by atoms with Crippen molar-refractivity contribution in [3.63, 3.8) is 0 Å². The van der Waals surface area contributed by atoms with E-state index in [1.54, 1.807) is 0 Å². The Bertz CT molecular complexity index is 285. The first kappa shape index (κ1) is 10.9. The summed E-state index contributed by atoms with van der Waals surface area (Å²) in [6.07, 6.45) is 3.76. The lowest BCUT2D eigenvalue weighted by Crippen LogP contribution is -2.36. The van der Waals surface area contributed by atoms with E-state index in [9.17, 15) is 0 Å². The van der Waals surface area contributed by atoms with Crippen LogP contribution in [0.1, 0.15) is 5.56 Å². The number of likely N-dealkylation sites (N-methyl/N-ethyl adjacent to an activating group) is 1. The van der Waals surface area contributed by atoms with E-state index in [4.69, 9.17) is 0 Å². The Hall–Kier alpha value is -0.580. The molecule has 1 aromatic heterocycles. The van der Waals surface area contributed by atoms with Crippen LogP contribution in [0.3, 0.4) is 0 Å². The molecule has 1 aliphatic rings. The number of hydrogen-bond donors (Lipinski definition) is 1. The van der Waals surface area contributed by atoms with Crippen molar-refractivity contribution in [2.75, 3.05) is 25.2 Å². The first-order chi connectivity index (χ1) is 7.34. The van der Waals surface area contributed by atoms with Crippen LogP contribution in [0.5, 0.6) is 0 Å². The van der Waals surface area contributed by atoms with Crippen molar-refractivity contribution in [1.29, 1.82) is 0 Å². The molecule has 0 aromatic carbocycles. The van der Waals surface area contributed by atoms with Gasteiger partial charge in [-0.25, -0.2) is 0 Å². The van der Waals surface area contributed by atoms with Gasteiger partial charge in [-0.1, -0.05) is 6.07 Å². The number of nitrogens with one attached hydrogen (secondary N) is 1. The molecule has 0 bridgehead atoms. The quantitative estimate of drug-likeness (QED) is 0.829. The van der Waals surface area contributed by atoms with Gasteiger partial charge < -0.3 is 10.2 Å². The Morgan fingerprint density at radius 3 is 3.27 bits per heavy atom. The predicted molar refractivity (Wildman–Crippen MR) is 64.8 cm³/mol. The Kier molecular flexibility index (Phi) is 4.00. The van der Waals surface area contributed by atoms with Gasteiger partial charge in [0.1, 0.15) is 0 Å². The van der Waals surface area contributed by atoms with E-state index in [0.29, 0.717) is 6.04 Å². The highest BCUT2D eigenvalue weighted by Crippen LogP contribution is 2.11. The molecule has 4 heteroatoms. The Labute approximate surface area is 95.3 Å². The topological polar surface area (TPSA) is 28.2 Å². The first-order valence-electron chi connectivity index (χ1n) is 5.23. The summed E-state index contributed by atoms with van der Waals surface area (Å²) in [6, 6.07) is 4.77. The number of nitrogens with zero attached hydrogens (tertiary/aromatic N) is 2. The van der Waals surface area contributed by atoms with Crippen molar-refractivity contribution in [3.8, 4) is 0 Å². The molecule has 3 nitrogen and oxygen atoms in total. The molecular weight excluding hydrogens is 206 g/mol. The molecule has 0 saturated carbocycles. The number of rotatable bonds is 4. The maximum absolute atomic E-state index is 4.12. The number of aromatic nitrogens is 1. The van der Waals surface area contributed by atoms with Gasteiger partial charge in [0.2, 0.25) is 0 Å². The summed E-state index contributed by atoms with van der Waals surface area (Å²) in [5.41, 5.74) is 1.28. The van der Waals surface area contributed by atoms with E-state index in [1.807, 2.05) is 30.2 Å². The van der Waals surface area contributed by atoms with Gasteiger partial charge in [0.25, 0.3) is 0 Å². The van der Waals surface area contributed by atoms with Gasteiger partial charge >= 0.3 is 0 Å². The molecule has 2 heterocycles. The summed E-state index contributed by atoms with van der Waals surface area (Å²) in [5, 5.41) is 3.48. The van der Waals surface area contributed by atoms with Crippen molar-refractivity contribution in [2.45, 2.75) is 12.6 Å². The van der Waals surface area contributed by atoms with E-state index >= 15 is 0 Å². The Morgan fingerprint density at radius 1 is 1.67 bits per heavy atom. The van der Waals surface area contributed by atoms with Gasteiger partial charge in [0, 0.05) is 43.2 Å². The van der Waals surface area contributed by atoms with Crippen LogP contribution in [-0.4, -0.2) is 41.1 Å². The second-order valence-electron chi connectivity index (χ2n) is 3.97. The molecule has 0 aliphatic carbocycles. The van der Waals surface area contributed by atoms with Gasteiger partial charge in [-0.3, -0.25) is 4.98 Å². The summed E-state index contributed by atoms with van der Waals surface area (Å²) in [4.78, 5) is 6.47. The summed E-state index contributed by atoms with van der Waals surface area (Å²) in [7, 11) is 2.16. The summed E-state index contributed by atoms with van der Waals surface area (Å²) >= 11 is 1.98. The van der Waals surface area contributed by atoms with Crippen LogP contribution in [0.4, 0.5) is 0 Å². The average Bonchev–Trinajstić information content (AvgIpc) is 2.71. The van der Waals surface area contributed by atoms with Gasteiger partial charge in [-0.05, 0) is 18.7 Å². The summed E-state index contributed by atoms with van der Waals surface area (Å²) in [5.74, 6) is 2.34. The molecule has 1 aliphatic heterocycles. The highest BCUT2D eigenvalue weighted by atomic mass is 32.2. The zero-order valence-electron chi connectivity index (χ0n) is 9.02. The zero-order chi connectivity index (χ0) is 10.5. The fourth-order valence-corrected chi connectivity index (χ4v) is 2.78. The zero-order valence-corrected chi connectivity index (χ0v) is 9.83. The first-order valence-corrected chi connectivity index (χ1v) is 6.38. The fourth-order valence-electron chi connectivity index (χ4n) is 1.80. The molecule has 82 valence electrons. The Balaban J connectivity index is 1.79. The SMILES string of the molecule is CN(Cc1cccnc1)CC1CSCN1. The molecule has 2 rings (SSSR count).